The van der Waals surface area contributed by atoms with Crippen molar-refractivity contribution in [1.82, 2.24) is 5.32 Å². The van der Waals surface area contributed by atoms with Crippen molar-refractivity contribution in [3.8, 4) is 5.75 Å². The minimum absolute atomic E-state index is 0.0463. The highest BCUT2D eigenvalue weighted by molar-refractivity contribution is 6.30. The average molecular weight is 732 g/mol. The molecule has 0 amide bonds. The van der Waals surface area contributed by atoms with Crippen molar-refractivity contribution in [2.75, 3.05) is 6.54 Å². The minimum atomic E-state index is -0.756. The summed E-state index contributed by atoms with van der Waals surface area (Å²) in [5.41, 5.74) is 4.33. The molecule has 1 aromatic rings. The van der Waals surface area contributed by atoms with Gasteiger partial charge in [0.05, 0.1) is 5.92 Å². The van der Waals surface area contributed by atoms with Gasteiger partial charge in [-0.1, -0.05) is 65.3 Å². The SMILES string of the molecule is C=C(NCCC12CCC3C(CCC4C3(C)CCC3C(C)C(CC(=O)C5CC(C(=O)O)C5C)CCC34C)C1=C(C(C)C)C(=O)C2)c1ccc(Cl)cc1O. The average Bonchev–Trinajstić information content (AvgIpc) is 3.37. The van der Waals surface area contributed by atoms with Crippen LogP contribution in [-0.2, 0) is 14.4 Å². The third-order valence-corrected chi connectivity index (χ3v) is 16.9. The Morgan fingerprint density at radius 3 is 2.35 bits per heavy atom. The highest BCUT2D eigenvalue weighted by Gasteiger charge is 2.64. The summed E-state index contributed by atoms with van der Waals surface area (Å²) >= 11 is 6.08. The number of ketones is 2. The molecule has 0 spiro atoms. The van der Waals surface area contributed by atoms with E-state index in [9.17, 15) is 24.6 Å². The summed E-state index contributed by atoms with van der Waals surface area (Å²) in [6.07, 6.45) is 11.9. The zero-order chi connectivity index (χ0) is 37.5. The lowest BCUT2D eigenvalue weighted by Crippen LogP contribution is -2.60. The predicted molar refractivity (Wildman–Crippen MR) is 206 cm³/mol. The van der Waals surface area contributed by atoms with Crippen molar-refractivity contribution >= 4 is 34.8 Å². The molecule has 284 valence electrons. The number of aliphatic carboxylic acids is 1. The molecule has 6 nitrogen and oxygen atoms in total. The summed E-state index contributed by atoms with van der Waals surface area (Å²) in [5.74, 6) is 2.94. The maximum atomic E-state index is 13.9. The largest absolute Gasteiger partial charge is 0.507 e. The second kappa shape index (κ2) is 13.6. The Hall–Kier alpha value is -2.60. The molecule has 5 fully saturated rings. The Balaban J connectivity index is 1.07. The van der Waals surface area contributed by atoms with E-state index in [0.717, 1.165) is 31.3 Å². The first-order valence-corrected chi connectivity index (χ1v) is 20.8. The Morgan fingerprint density at radius 2 is 1.67 bits per heavy atom. The summed E-state index contributed by atoms with van der Waals surface area (Å²) in [7, 11) is 0. The zero-order valence-electron chi connectivity index (χ0n) is 32.4. The number of Topliss-reactive ketones (excluding diaryl/α,β-unsaturated/α-hetero) is 2. The van der Waals surface area contributed by atoms with Gasteiger partial charge >= 0.3 is 5.97 Å². The van der Waals surface area contributed by atoms with Gasteiger partial charge in [-0.15, -0.1) is 0 Å². The highest BCUT2D eigenvalue weighted by atomic mass is 35.5. The van der Waals surface area contributed by atoms with Crippen LogP contribution in [0.4, 0.5) is 0 Å². The predicted octanol–water partition coefficient (Wildman–Crippen LogP) is 10.1. The number of carbonyl (C=O) groups excluding carboxylic acids is 2. The fourth-order valence-electron chi connectivity index (χ4n) is 14.0. The van der Waals surface area contributed by atoms with Gasteiger partial charge in [-0.3, -0.25) is 14.4 Å². The van der Waals surface area contributed by atoms with Gasteiger partial charge in [0.15, 0.2) is 5.78 Å². The number of phenols is 1. The molecule has 0 saturated heterocycles. The molecule has 0 heterocycles. The molecule has 0 radical (unpaired) electrons. The van der Waals surface area contributed by atoms with E-state index in [2.05, 4.69) is 46.5 Å². The van der Waals surface area contributed by atoms with E-state index in [1.54, 1.807) is 18.2 Å². The van der Waals surface area contributed by atoms with Gasteiger partial charge in [-0.25, -0.2) is 0 Å². The number of benzene rings is 1. The maximum Gasteiger partial charge on any atom is 0.306 e. The molecule has 0 aromatic heterocycles. The van der Waals surface area contributed by atoms with Crippen LogP contribution in [0, 0.1) is 75.4 Å². The fraction of sp³-hybridized carbons (Fsp3) is 0.711. The molecule has 6 aliphatic carbocycles. The Labute approximate surface area is 316 Å². The molecule has 12 atom stereocenters. The van der Waals surface area contributed by atoms with Crippen LogP contribution in [0.15, 0.2) is 35.9 Å². The normalized spacial score (nSPS) is 41.0. The van der Waals surface area contributed by atoms with Crippen molar-refractivity contribution in [2.24, 2.45) is 75.4 Å². The third kappa shape index (κ3) is 5.91. The number of carboxylic acid groups (broad SMARTS) is 1. The van der Waals surface area contributed by atoms with Crippen LogP contribution in [-0.4, -0.2) is 34.3 Å². The van der Waals surface area contributed by atoms with Crippen LogP contribution in [0.2, 0.25) is 5.02 Å². The van der Waals surface area contributed by atoms with E-state index in [1.165, 1.54) is 37.7 Å². The molecular formula is C45H62ClNO5. The number of rotatable bonds is 10. The van der Waals surface area contributed by atoms with Crippen LogP contribution in [0.3, 0.4) is 0 Å². The molecular weight excluding hydrogens is 670 g/mol. The van der Waals surface area contributed by atoms with Crippen LogP contribution in [0.1, 0.15) is 124 Å². The van der Waals surface area contributed by atoms with Crippen LogP contribution in [0.25, 0.3) is 5.70 Å². The number of hydrogen-bond acceptors (Lipinski definition) is 5. The number of allylic oxidation sites excluding steroid dienone is 2. The number of phenolic OH excluding ortho intramolecular Hbond substituents is 1. The Morgan fingerprint density at radius 1 is 0.981 bits per heavy atom. The quantitative estimate of drug-likeness (QED) is 0.221. The first-order chi connectivity index (χ1) is 24.5. The number of hydrogen-bond donors (Lipinski definition) is 3. The lowest BCUT2D eigenvalue weighted by atomic mass is 9.37. The van der Waals surface area contributed by atoms with Crippen molar-refractivity contribution in [2.45, 2.75) is 119 Å². The van der Waals surface area contributed by atoms with E-state index >= 15 is 0 Å². The first kappa shape index (κ1) is 37.7. The van der Waals surface area contributed by atoms with Crippen molar-refractivity contribution in [3.63, 3.8) is 0 Å². The smallest absolute Gasteiger partial charge is 0.306 e. The summed E-state index contributed by atoms with van der Waals surface area (Å²) < 4.78 is 0. The van der Waals surface area contributed by atoms with Crippen molar-refractivity contribution < 1.29 is 24.6 Å². The molecule has 5 saturated carbocycles. The summed E-state index contributed by atoms with van der Waals surface area (Å²) in [4.78, 5) is 38.9. The van der Waals surface area contributed by atoms with Crippen molar-refractivity contribution in [3.05, 3.63) is 46.5 Å². The van der Waals surface area contributed by atoms with E-state index in [4.69, 9.17) is 11.6 Å². The zero-order valence-corrected chi connectivity index (χ0v) is 33.2. The Kier molecular flexibility index (Phi) is 9.87. The van der Waals surface area contributed by atoms with Gasteiger partial charge in [0, 0.05) is 47.0 Å². The van der Waals surface area contributed by atoms with Crippen LogP contribution >= 0.6 is 11.6 Å². The van der Waals surface area contributed by atoms with E-state index < -0.39 is 5.97 Å². The van der Waals surface area contributed by atoms with Gasteiger partial charge in [-0.05, 0) is 146 Å². The lowest BCUT2D eigenvalue weighted by Gasteiger charge is -2.67. The number of nitrogens with one attached hydrogen (secondary N) is 1. The van der Waals surface area contributed by atoms with Gasteiger partial charge < -0.3 is 15.5 Å². The first-order valence-electron chi connectivity index (χ1n) is 20.5. The number of fused-ring (bicyclic) bond motifs is 7. The van der Waals surface area contributed by atoms with Crippen molar-refractivity contribution in [1.29, 1.82) is 0 Å². The highest BCUT2D eigenvalue weighted by Crippen LogP contribution is 2.72. The molecule has 6 aliphatic rings. The second-order valence-electron chi connectivity index (χ2n) is 19.2. The molecule has 7 rings (SSSR count). The van der Waals surface area contributed by atoms with E-state index in [1.807, 2.05) is 6.92 Å². The van der Waals surface area contributed by atoms with Crippen LogP contribution < -0.4 is 5.32 Å². The molecule has 0 bridgehead atoms. The summed E-state index contributed by atoms with van der Waals surface area (Å²) in [5, 5.41) is 23.9. The van der Waals surface area contributed by atoms with E-state index in [0.29, 0.717) is 89.2 Å². The molecule has 0 aliphatic heterocycles. The summed E-state index contributed by atoms with van der Waals surface area (Å²) in [6.45, 7) is 18.9. The maximum absolute atomic E-state index is 13.9. The Bertz CT molecular complexity index is 1680. The molecule has 1 aromatic carbocycles. The topological polar surface area (TPSA) is 104 Å². The number of halogens is 1. The van der Waals surface area contributed by atoms with Gasteiger partial charge in [0.1, 0.15) is 11.5 Å². The molecule has 7 heteroatoms. The molecule has 52 heavy (non-hydrogen) atoms. The monoisotopic (exact) mass is 731 g/mol. The number of carbonyl (C=O) groups is 3. The molecule has 12 unspecified atom stereocenters. The van der Waals surface area contributed by atoms with Gasteiger partial charge in [-0.2, -0.15) is 0 Å². The fourth-order valence-corrected chi connectivity index (χ4v) is 14.2. The summed E-state index contributed by atoms with van der Waals surface area (Å²) in [6, 6.07) is 5.11. The third-order valence-electron chi connectivity index (χ3n) is 16.7. The minimum Gasteiger partial charge on any atom is -0.507 e. The molecule has 3 N–H and O–H groups in total. The number of carboxylic acids is 1. The van der Waals surface area contributed by atoms with Gasteiger partial charge in [0.25, 0.3) is 0 Å². The van der Waals surface area contributed by atoms with Gasteiger partial charge in [0.2, 0.25) is 0 Å². The number of aromatic hydroxyl groups is 1. The second-order valence-corrected chi connectivity index (χ2v) is 19.6. The standard InChI is InChI=1S/C45H62ClNO5/c1-24(2)40-38(50)23-45(18-19-47-27(5)30-9-8-29(46)21-37(30)49)17-14-35-31(41(40)45)10-11-39-43(6)15-12-28(25(3)34(43)13-16-44(35,39)7)20-36(48)32-22-33(26(32)4)42(51)52/h8-9,21,24-26,28,31-35,39,47,49H,5,10-20,22-23H2,1-4,6-7H3,(H,51,52). The van der Waals surface area contributed by atoms with E-state index in [-0.39, 0.29) is 45.7 Å². The lowest BCUT2D eigenvalue weighted by molar-refractivity contribution is -0.172. The van der Waals surface area contributed by atoms with Crippen LogP contribution in [0.5, 0.6) is 5.75 Å².